The van der Waals surface area contributed by atoms with E-state index in [9.17, 15) is 4.79 Å². The van der Waals surface area contributed by atoms with Crippen LogP contribution >= 0.6 is 0 Å². The zero-order valence-electron chi connectivity index (χ0n) is 13.5. The van der Waals surface area contributed by atoms with Crippen LogP contribution in [0.1, 0.15) is 23.1 Å². The molecule has 119 valence electrons. The third-order valence-electron chi connectivity index (χ3n) is 4.17. The molecule has 0 saturated heterocycles. The Morgan fingerprint density at radius 2 is 1.04 bits per heavy atom. The van der Waals surface area contributed by atoms with Crippen molar-refractivity contribution >= 4 is 5.91 Å². The Labute approximate surface area is 143 Å². The monoisotopic (exact) mass is 314 g/mol. The van der Waals surface area contributed by atoms with Gasteiger partial charge >= 0.3 is 0 Å². The van der Waals surface area contributed by atoms with Crippen molar-refractivity contribution in [2.75, 3.05) is 0 Å². The van der Waals surface area contributed by atoms with Crippen molar-refractivity contribution < 1.29 is 4.79 Å². The van der Waals surface area contributed by atoms with Crippen LogP contribution in [0.15, 0.2) is 91.0 Å². The first-order chi connectivity index (χ1) is 11.8. The van der Waals surface area contributed by atoms with Gasteiger partial charge in [0.2, 0.25) is 5.91 Å². The number of carbonyl (C=O) groups is 1. The lowest BCUT2D eigenvalue weighted by Gasteiger charge is -2.36. The van der Waals surface area contributed by atoms with Crippen molar-refractivity contribution in [3.63, 3.8) is 0 Å². The van der Waals surface area contributed by atoms with Crippen LogP contribution in [0.3, 0.4) is 0 Å². The number of rotatable bonds is 5. The summed E-state index contributed by atoms with van der Waals surface area (Å²) in [5, 5.41) is 3.23. The molecule has 1 N–H and O–H groups in total. The van der Waals surface area contributed by atoms with E-state index in [0.29, 0.717) is 0 Å². The minimum atomic E-state index is -0.738. The maximum absolute atomic E-state index is 12.4. The minimum Gasteiger partial charge on any atom is -0.338 e. The van der Waals surface area contributed by atoms with Gasteiger partial charge in [-0.25, -0.2) is 0 Å². The summed E-state index contributed by atoms with van der Waals surface area (Å²) in [5.41, 5.74) is 2.32. The predicted octanol–water partition coefficient (Wildman–Crippen LogP) is 4.32. The Balaban J connectivity index is 2.30. The molecule has 0 heterocycles. The van der Waals surface area contributed by atoms with Gasteiger partial charge in [0.05, 0.1) is 0 Å². The van der Waals surface area contributed by atoms with E-state index in [0.717, 1.165) is 16.7 Å². The molecular weight excluding hydrogens is 294 g/mol. The Kier molecular flexibility index (Phi) is 4.76. The van der Waals surface area contributed by atoms with Crippen molar-refractivity contribution in [3.05, 3.63) is 115 Å². The van der Waals surface area contributed by atoms with Gasteiger partial charge in [-0.3, -0.25) is 4.79 Å². The summed E-state index contributed by atoms with van der Waals surface area (Å²) in [6, 6.07) is 30.2. The zero-order valence-corrected chi connectivity index (χ0v) is 13.5. The van der Waals surface area contributed by atoms with Crippen LogP contribution in [0.25, 0.3) is 0 Å². The molecule has 0 atom stereocenters. The van der Waals surface area contributed by atoms with E-state index in [1.807, 2.05) is 91.0 Å². The highest BCUT2D eigenvalue weighted by Crippen LogP contribution is 2.36. The van der Waals surface area contributed by atoms with Crippen LogP contribution < -0.4 is 5.32 Å². The Morgan fingerprint density at radius 3 is 1.33 bits per heavy atom. The first-order valence-electron chi connectivity index (χ1n) is 8.04. The highest BCUT2D eigenvalue weighted by atomic mass is 16.1. The lowest BCUT2D eigenvalue weighted by Crippen LogP contribution is -2.47. The van der Waals surface area contributed by atoms with Gasteiger partial charge in [0.25, 0.3) is 0 Å². The first kappa shape index (κ1) is 16.0. The van der Waals surface area contributed by atoms with Gasteiger partial charge < -0.3 is 5.32 Å². The highest BCUT2D eigenvalue weighted by molar-refractivity contribution is 5.79. The average Bonchev–Trinajstić information content (AvgIpc) is 2.68. The fourth-order valence-electron chi connectivity index (χ4n) is 3.05. The van der Waals surface area contributed by atoms with Crippen LogP contribution in [0.4, 0.5) is 0 Å². The fourth-order valence-corrected chi connectivity index (χ4v) is 3.05. The SMILES string of the molecule is [CH2]CC(=O)NC(c1ccccc1)(c1ccccc1)c1ccccc1. The number of amides is 1. The Hall–Kier alpha value is -2.87. The number of hydrogen-bond donors (Lipinski definition) is 1. The quantitative estimate of drug-likeness (QED) is 0.698. The van der Waals surface area contributed by atoms with Crippen molar-refractivity contribution in [1.29, 1.82) is 0 Å². The number of nitrogens with one attached hydrogen (secondary N) is 1. The second-order valence-corrected chi connectivity index (χ2v) is 5.65. The van der Waals surface area contributed by atoms with Gasteiger partial charge in [-0.2, -0.15) is 0 Å². The smallest absolute Gasteiger partial charge is 0.221 e. The summed E-state index contributed by atoms with van der Waals surface area (Å²) in [6.07, 6.45) is 0.189. The molecule has 3 aromatic rings. The summed E-state index contributed by atoms with van der Waals surface area (Å²) in [5.74, 6) is -0.0911. The van der Waals surface area contributed by atoms with Gasteiger partial charge in [0.15, 0.2) is 0 Å². The zero-order chi connectivity index (χ0) is 16.8. The second-order valence-electron chi connectivity index (χ2n) is 5.65. The molecule has 24 heavy (non-hydrogen) atoms. The van der Waals surface area contributed by atoms with E-state index < -0.39 is 5.54 Å². The molecule has 0 fully saturated rings. The molecule has 0 aliphatic rings. The van der Waals surface area contributed by atoms with Crippen LogP contribution in [0.5, 0.6) is 0 Å². The maximum atomic E-state index is 12.4. The van der Waals surface area contributed by atoms with E-state index in [1.54, 1.807) is 0 Å². The molecule has 2 nitrogen and oxygen atoms in total. The Morgan fingerprint density at radius 1 is 0.708 bits per heavy atom. The molecule has 0 aliphatic carbocycles. The van der Waals surface area contributed by atoms with Gasteiger partial charge in [-0.1, -0.05) is 91.0 Å². The molecule has 3 aromatic carbocycles. The number of benzene rings is 3. The molecule has 0 spiro atoms. The van der Waals surface area contributed by atoms with Gasteiger partial charge in [-0.05, 0) is 23.6 Å². The molecule has 0 aromatic heterocycles. The molecule has 1 amide bonds. The third-order valence-corrected chi connectivity index (χ3v) is 4.17. The van der Waals surface area contributed by atoms with E-state index in [1.165, 1.54) is 0 Å². The average molecular weight is 314 g/mol. The number of carbonyl (C=O) groups excluding carboxylic acids is 1. The summed E-state index contributed by atoms with van der Waals surface area (Å²) in [6.45, 7) is 3.74. The van der Waals surface area contributed by atoms with E-state index in [-0.39, 0.29) is 12.3 Å². The summed E-state index contributed by atoms with van der Waals surface area (Å²) in [7, 11) is 0. The molecule has 1 radical (unpaired) electrons. The van der Waals surface area contributed by atoms with E-state index in [2.05, 4.69) is 12.2 Å². The van der Waals surface area contributed by atoms with Crippen LogP contribution in [-0.2, 0) is 10.3 Å². The van der Waals surface area contributed by atoms with Crippen molar-refractivity contribution in [2.24, 2.45) is 0 Å². The van der Waals surface area contributed by atoms with Gasteiger partial charge in [-0.15, -0.1) is 0 Å². The van der Waals surface area contributed by atoms with Crippen LogP contribution in [0, 0.1) is 6.92 Å². The lowest BCUT2D eigenvalue weighted by atomic mass is 9.77. The maximum Gasteiger partial charge on any atom is 0.221 e. The largest absolute Gasteiger partial charge is 0.338 e. The van der Waals surface area contributed by atoms with Crippen LogP contribution in [-0.4, -0.2) is 5.91 Å². The summed E-state index contributed by atoms with van der Waals surface area (Å²) >= 11 is 0. The molecule has 0 bridgehead atoms. The summed E-state index contributed by atoms with van der Waals surface area (Å²) in [4.78, 5) is 12.4. The van der Waals surface area contributed by atoms with E-state index in [4.69, 9.17) is 0 Å². The standard InChI is InChI=1S/C22H20NO/c1-2-21(24)23-22(18-12-6-3-7-13-18,19-14-8-4-9-15-19)20-16-10-5-11-17-20/h3-17H,1-2H2,(H,23,24). The summed E-state index contributed by atoms with van der Waals surface area (Å²) < 4.78 is 0. The molecule has 2 heteroatoms. The fraction of sp³-hybridized carbons (Fsp3) is 0.0909. The minimum absolute atomic E-state index is 0.0911. The van der Waals surface area contributed by atoms with Crippen molar-refractivity contribution in [2.45, 2.75) is 12.0 Å². The molecule has 0 saturated carbocycles. The lowest BCUT2D eigenvalue weighted by molar-refractivity contribution is -0.121. The number of hydrogen-bond acceptors (Lipinski definition) is 1. The van der Waals surface area contributed by atoms with E-state index >= 15 is 0 Å². The van der Waals surface area contributed by atoms with Crippen molar-refractivity contribution in [3.8, 4) is 0 Å². The van der Waals surface area contributed by atoms with Crippen molar-refractivity contribution in [1.82, 2.24) is 5.32 Å². The molecular formula is C22H20NO. The van der Waals surface area contributed by atoms with Gasteiger partial charge in [0, 0.05) is 6.42 Å². The van der Waals surface area contributed by atoms with Crippen LogP contribution in [0.2, 0.25) is 0 Å². The second kappa shape index (κ2) is 7.14. The molecule has 0 aliphatic heterocycles. The Bertz CT molecular complexity index is 685. The topological polar surface area (TPSA) is 29.1 Å². The molecule has 3 rings (SSSR count). The van der Waals surface area contributed by atoms with Gasteiger partial charge in [0.1, 0.15) is 5.54 Å². The first-order valence-corrected chi connectivity index (χ1v) is 8.04. The highest BCUT2D eigenvalue weighted by Gasteiger charge is 2.37. The molecule has 0 unspecified atom stereocenters. The third kappa shape index (κ3) is 2.95. The predicted molar refractivity (Wildman–Crippen MR) is 97.3 cm³/mol. The normalized spacial score (nSPS) is 11.0.